The molecule has 0 rings (SSSR count). The smallest absolute Gasteiger partial charge is 0.308 e. The minimum Gasteiger partial charge on any atom is -0.466 e. The Kier molecular flexibility index (Phi) is 16.2. The van der Waals surface area contributed by atoms with Crippen molar-refractivity contribution in [1.82, 2.24) is 16.0 Å². The minimum atomic E-state index is -1.12. The van der Waals surface area contributed by atoms with Crippen molar-refractivity contribution < 1.29 is 34.8 Å². The summed E-state index contributed by atoms with van der Waals surface area (Å²) in [6.07, 6.45) is 0.932. The molecule has 1 unspecified atom stereocenters. The van der Waals surface area contributed by atoms with Gasteiger partial charge in [0, 0.05) is 6.42 Å². The number of carbonyl (C=O) groups is 4. The average Bonchev–Trinajstić information content (AvgIpc) is 2.74. The highest BCUT2D eigenvalue weighted by Gasteiger charge is 2.33. The second-order valence-corrected chi connectivity index (χ2v) is 10.2. The Bertz CT molecular complexity index is 668. The van der Waals surface area contributed by atoms with Gasteiger partial charge in [0.25, 0.3) is 0 Å². The van der Waals surface area contributed by atoms with Crippen LogP contribution in [-0.2, 0) is 23.9 Å². The summed E-state index contributed by atoms with van der Waals surface area (Å²) in [6, 6.07) is -2.34. The third-order valence-corrected chi connectivity index (χ3v) is 5.59. The third-order valence-electron chi connectivity index (χ3n) is 5.59. The molecule has 0 heterocycles. The van der Waals surface area contributed by atoms with Crippen molar-refractivity contribution in [2.75, 3.05) is 13.2 Å². The number of hydrogen-bond acceptors (Lipinski definition) is 6. The van der Waals surface area contributed by atoms with Gasteiger partial charge in [0.05, 0.1) is 31.7 Å². The first-order valence-corrected chi connectivity index (χ1v) is 12.9. The van der Waals surface area contributed by atoms with Gasteiger partial charge in [-0.3, -0.25) is 19.2 Å². The summed E-state index contributed by atoms with van der Waals surface area (Å²) in [5.74, 6) is -1.92. The van der Waals surface area contributed by atoms with Gasteiger partial charge in [-0.1, -0.05) is 41.5 Å². The molecule has 0 saturated heterocycles. The molecule has 0 aromatic heterocycles. The molecule has 0 fully saturated rings. The fraction of sp³-hybridized carbons (Fsp3) is 0.840. The lowest BCUT2D eigenvalue weighted by Crippen LogP contribution is -2.58. The molecule has 0 bridgehead atoms. The van der Waals surface area contributed by atoms with Crippen molar-refractivity contribution in [1.29, 1.82) is 0 Å². The fourth-order valence-electron chi connectivity index (χ4n) is 3.62. The molecule has 0 saturated carbocycles. The number of aliphatic hydroxyl groups excluding tert-OH is 1. The van der Waals surface area contributed by atoms with E-state index in [2.05, 4.69) is 21.7 Å². The van der Waals surface area contributed by atoms with Gasteiger partial charge >= 0.3 is 5.97 Å². The Labute approximate surface area is 210 Å². The number of quaternary nitrogens is 1. The van der Waals surface area contributed by atoms with Crippen molar-refractivity contribution in [3.63, 3.8) is 0 Å². The maximum atomic E-state index is 13.2. The molecule has 10 nitrogen and oxygen atoms in total. The van der Waals surface area contributed by atoms with Gasteiger partial charge in [-0.2, -0.15) is 0 Å². The second-order valence-electron chi connectivity index (χ2n) is 10.2. The number of nitrogens with one attached hydrogen (secondary N) is 3. The summed E-state index contributed by atoms with van der Waals surface area (Å²) >= 11 is 0. The van der Waals surface area contributed by atoms with Crippen LogP contribution in [0.4, 0.5) is 0 Å². The number of amides is 3. The number of rotatable bonds is 17. The Morgan fingerprint density at radius 3 is 1.86 bits per heavy atom. The second kappa shape index (κ2) is 17.3. The van der Waals surface area contributed by atoms with Crippen LogP contribution in [0.1, 0.15) is 80.6 Å². The van der Waals surface area contributed by atoms with Gasteiger partial charge in [-0.15, -0.1) is 0 Å². The van der Waals surface area contributed by atoms with Crippen molar-refractivity contribution in [3.8, 4) is 0 Å². The molecule has 4 atom stereocenters. The first kappa shape index (κ1) is 32.8. The summed E-state index contributed by atoms with van der Waals surface area (Å²) in [6.45, 7) is 13.7. The first-order valence-electron chi connectivity index (χ1n) is 12.9. The topological polar surface area (TPSA) is 161 Å². The monoisotopic (exact) mass is 501 g/mol. The van der Waals surface area contributed by atoms with Gasteiger partial charge < -0.3 is 31.5 Å². The molecule has 0 radical (unpaired) electrons. The van der Waals surface area contributed by atoms with E-state index >= 15 is 0 Å². The maximum absolute atomic E-state index is 13.2. The highest BCUT2D eigenvalue weighted by Crippen LogP contribution is 2.12. The van der Waals surface area contributed by atoms with Crippen molar-refractivity contribution >= 4 is 23.7 Å². The normalized spacial score (nSPS) is 14.9. The van der Waals surface area contributed by atoms with Gasteiger partial charge in [-0.25, -0.2) is 0 Å². The lowest BCUT2D eigenvalue weighted by molar-refractivity contribution is -0.368. The maximum Gasteiger partial charge on any atom is 0.308 e. The van der Waals surface area contributed by atoms with Crippen LogP contribution in [0.25, 0.3) is 0 Å². The van der Waals surface area contributed by atoms with E-state index < -0.39 is 42.0 Å². The molecule has 35 heavy (non-hydrogen) atoms. The molecular weight excluding hydrogens is 452 g/mol. The third kappa shape index (κ3) is 13.5. The number of unbranched alkanes of at least 4 members (excludes halogenated alkanes) is 1. The van der Waals surface area contributed by atoms with Crippen LogP contribution in [0.15, 0.2) is 0 Å². The number of hydrogen-bond donors (Lipinski definition) is 5. The molecular formula is C25H49N4O6+. The summed E-state index contributed by atoms with van der Waals surface area (Å²) in [5.41, 5.74) is 3.81. The molecule has 0 aliphatic carbocycles. The standard InChI is InChI=1S/C25H48N4O6/c1-8-35-21(32)14-19(30)18(11-9-10-12-26)27-24(33)23(17(6)7)29-25(34)22(16(4)5)28-20(31)13-15(2)3/h15-19,22-23,30H,8-14,26H2,1-7H3,(H,27,33)(H,28,31)(H,29,34)/p+1/t18-,19-,22?,23+/m0/s1. The number of carbonyl (C=O) groups excluding carboxylic acids is 4. The summed E-state index contributed by atoms with van der Waals surface area (Å²) in [7, 11) is 0. The molecule has 0 aliphatic rings. The highest BCUT2D eigenvalue weighted by atomic mass is 16.5. The minimum absolute atomic E-state index is 0.154. The van der Waals surface area contributed by atoms with Crippen LogP contribution in [0.3, 0.4) is 0 Å². The molecule has 204 valence electrons. The highest BCUT2D eigenvalue weighted by molar-refractivity contribution is 5.92. The number of esters is 1. The predicted octanol–water partition coefficient (Wildman–Crippen LogP) is 0.525. The summed E-state index contributed by atoms with van der Waals surface area (Å²) in [4.78, 5) is 50.4. The van der Waals surface area contributed by atoms with Gasteiger partial charge in [0.15, 0.2) is 0 Å². The summed E-state index contributed by atoms with van der Waals surface area (Å²) < 4.78 is 4.92. The van der Waals surface area contributed by atoms with Crippen molar-refractivity contribution in [2.24, 2.45) is 17.8 Å². The van der Waals surface area contributed by atoms with Crippen LogP contribution in [0, 0.1) is 17.8 Å². The quantitative estimate of drug-likeness (QED) is 0.144. The SMILES string of the molecule is CCOC(=O)C[C@H](O)[C@H](CCCC[NH3+])NC(=O)[C@H](NC(=O)C(NC(=O)CC(C)C)C(C)C)C(C)C. The predicted molar refractivity (Wildman–Crippen MR) is 134 cm³/mol. The van der Waals surface area contributed by atoms with Gasteiger partial charge in [-0.05, 0) is 43.9 Å². The summed E-state index contributed by atoms with van der Waals surface area (Å²) in [5, 5.41) is 19.0. The zero-order valence-electron chi connectivity index (χ0n) is 22.7. The molecule has 0 spiro atoms. The molecule has 3 amide bonds. The Morgan fingerprint density at radius 1 is 0.829 bits per heavy atom. The van der Waals surface area contributed by atoms with Gasteiger partial charge in [0.2, 0.25) is 17.7 Å². The fourth-order valence-corrected chi connectivity index (χ4v) is 3.62. The van der Waals surface area contributed by atoms with E-state index in [1.165, 1.54) is 0 Å². The molecule has 10 heteroatoms. The molecule has 7 N–H and O–H groups in total. The van der Waals surface area contributed by atoms with E-state index in [0.29, 0.717) is 19.3 Å². The van der Waals surface area contributed by atoms with Crippen LogP contribution in [-0.4, -0.2) is 66.2 Å². The zero-order valence-corrected chi connectivity index (χ0v) is 22.7. The first-order chi connectivity index (χ1) is 16.3. The molecule has 0 aliphatic heterocycles. The largest absolute Gasteiger partial charge is 0.466 e. The van der Waals surface area contributed by atoms with Crippen LogP contribution in [0.2, 0.25) is 0 Å². The average molecular weight is 502 g/mol. The Balaban J connectivity index is 5.45. The number of aliphatic hydroxyl groups is 1. The Morgan fingerprint density at radius 2 is 1.37 bits per heavy atom. The lowest BCUT2D eigenvalue weighted by atomic mass is 9.97. The van der Waals surface area contributed by atoms with E-state index in [1.54, 1.807) is 20.8 Å². The van der Waals surface area contributed by atoms with Crippen molar-refractivity contribution in [2.45, 2.75) is 105 Å². The van der Waals surface area contributed by atoms with E-state index in [4.69, 9.17) is 4.74 Å². The number of ether oxygens (including phenoxy) is 1. The van der Waals surface area contributed by atoms with E-state index in [-0.39, 0.29) is 36.7 Å². The van der Waals surface area contributed by atoms with E-state index in [1.807, 2.05) is 27.7 Å². The van der Waals surface area contributed by atoms with Crippen LogP contribution in [0.5, 0.6) is 0 Å². The Hall–Kier alpha value is -2.20. The zero-order chi connectivity index (χ0) is 27.1. The van der Waals surface area contributed by atoms with Crippen LogP contribution >= 0.6 is 0 Å². The van der Waals surface area contributed by atoms with Crippen LogP contribution < -0.4 is 21.7 Å². The molecule has 0 aromatic rings. The van der Waals surface area contributed by atoms with Gasteiger partial charge in [0.1, 0.15) is 12.1 Å². The van der Waals surface area contributed by atoms with Crippen molar-refractivity contribution in [3.05, 3.63) is 0 Å². The lowest BCUT2D eigenvalue weighted by Gasteiger charge is -2.30. The molecule has 0 aromatic carbocycles. The van der Waals surface area contributed by atoms with E-state index in [0.717, 1.165) is 13.0 Å². The van der Waals surface area contributed by atoms with E-state index in [9.17, 15) is 24.3 Å².